The maximum Gasteiger partial charge on any atom is 0.237 e. The molecule has 1 atom stereocenters. The molecule has 1 aliphatic rings. The van der Waals surface area contributed by atoms with Crippen molar-refractivity contribution in [2.45, 2.75) is 12.5 Å². The number of oxime groups is 1. The number of methoxy groups -OCH3 is 1. The third-order valence-corrected chi connectivity index (χ3v) is 2.30. The number of hydrogen-bond acceptors (Lipinski definition) is 5. The molecule has 0 bridgehead atoms. The van der Waals surface area contributed by atoms with Crippen molar-refractivity contribution in [3.8, 4) is 0 Å². The first-order valence-corrected chi connectivity index (χ1v) is 5.56. The van der Waals surface area contributed by atoms with Gasteiger partial charge >= 0.3 is 0 Å². The van der Waals surface area contributed by atoms with Crippen molar-refractivity contribution in [2.75, 3.05) is 33.4 Å². The fraction of sp³-hybridized carbons (Fsp3) is 0.636. The Balaban J connectivity index is 2.26. The first kappa shape index (κ1) is 13.7. The third kappa shape index (κ3) is 4.97. The summed E-state index contributed by atoms with van der Waals surface area (Å²) in [5, 5.41) is 9.77. The van der Waals surface area contributed by atoms with Crippen LogP contribution in [0.1, 0.15) is 6.42 Å². The number of ether oxygens (including phenoxy) is 1. The van der Waals surface area contributed by atoms with Crippen LogP contribution >= 0.6 is 0 Å². The van der Waals surface area contributed by atoms with E-state index in [4.69, 9.17) is 9.57 Å². The van der Waals surface area contributed by atoms with Crippen LogP contribution in [0.5, 0.6) is 0 Å². The quantitative estimate of drug-likeness (QED) is 0.364. The Hall–Kier alpha value is -1.40. The second-order valence-electron chi connectivity index (χ2n) is 3.66. The van der Waals surface area contributed by atoms with Crippen LogP contribution in [0, 0.1) is 0 Å². The summed E-state index contributed by atoms with van der Waals surface area (Å²) >= 11 is 0. The van der Waals surface area contributed by atoms with E-state index in [9.17, 15) is 4.79 Å². The molecule has 0 aliphatic carbocycles. The molecule has 0 radical (unpaired) electrons. The van der Waals surface area contributed by atoms with Crippen molar-refractivity contribution < 1.29 is 14.4 Å². The summed E-state index contributed by atoms with van der Waals surface area (Å²) in [5.74, 6) is -0.0315. The van der Waals surface area contributed by atoms with Crippen molar-refractivity contribution in [2.24, 2.45) is 5.16 Å². The molecule has 2 N–H and O–H groups in total. The highest BCUT2D eigenvalue weighted by atomic mass is 16.6. The fourth-order valence-electron chi connectivity index (χ4n) is 1.46. The van der Waals surface area contributed by atoms with Crippen LogP contribution in [0.25, 0.3) is 0 Å². The number of hydrogen-bond donors (Lipinski definition) is 2. The van der Waals surface area contributed by atoms with Gasteiger partial charge in [-0.15, -0.1) is 0 Å². The second kappa shape index (κ2) is 7.81. The Morgan fingerprint density at radius 1 is 1.76 bits per heavy atom. The molecule has 0 aromatic heterocycles. The Kier molecular flexibility index (Phi) is 6.27. The smallest absolute Gasteiger partial charge is 0.237 e. The highest BCUT2D eigenvalue weighted by molar-refractivity contribution is 5.96. The predicted octanol–water partition coefficient (Wildman–Crippen LogP) is -0.330. The van der Waals surface area contributed by atoms with Crippen molar-refractivity contribution in [3.63, 3.8) is 0 Å². The zero-order valence-electron chi connectivity index (χ0n) is 10.1. The molecule has 1 amide bonds. The van der Waals surface area contributed by atoms with Gasteiger partial charge in [0, 0.05) is 26.6 Å². The average molecular weight is 241 g/mol. The number of carbonyl (C=O) groups excluding carboxylic acids is 1. The molecule has 0 aromatic carbocycles. The van der Waals surface area contributed by atoms with Gasteiger partial charge in [0.05, 0.1) is 18.4 Å². The molecule has 1 fully saturated rings. The zero-order valence-corrected chi connectivity index (χ0v) is 10.1. The van der Waals surface area contributed by atoms with Crippen LogP contribution in [0.4, 0.5) is 0 Å². The molecule has 6 nitrogen and oxygen atoms in total. The van der Waals surface area contributed by atoms with Crippen molar-refractivity contribution in [1.29, 1.82) is 0 Å². The summed E-state index contributed by atoms with van der Waals surface area (Å²) in [6, 6.07) is -0.224. The van der Waals surface area contributed by atoms with E-state index in [0.717, 1.165) is 5.71 Å². The topological polar surface area (TPSA) is 72.0 Å². The molecule has 1 saturated heterocycles. The summed E-state index contributed by atoms with van der Waals surface area (Å²) in [7, 11) is 1.60. The first-order chi connectivity index (χ1) is 8.27. The van der Waals surface area contributed by atoms with E-state index in [1.165, 1.54) is 0 Å². The number of nitrogens with zero attached hydrogens (tertiary/aromatic N) is 1. The van der Waals surface area contributed by atoms with Gasteiger partial charge in [0.1, 0.15) is 6.61 Å². The molecule has 0 spiro atoms. The summed E-state index contributed by atoms with van der Waals surface area (Å²) in [6.07, 6.45) is 2.21. The van der Waals surface area contributed by atoms with E-state index in [1.807, 2.05) is 0 Å². The standard InChI is InChI=1S/C11H19N3O3/c1-3-5-17-14-9-7-10(13-8-9)11(15)12-4-6-16-2/h3,10,13H,1,4-8H2,2H3,(H,12,15)/b14-9+/t10-/m0/s1. The highest BCUT2D eigenvalue weighted by Gasteiger charge is 2.26. The van der Waals surface area contributed by atoms with Gasteiger partial charge in [-0.3, -0.25) is 4.79 Å². The molecule has 0 saturated carbocycles. The largest absolute Gasteiger partial charge is 0.392 e. The molecule has 1 rings (SSSR count). The van der Waals surface area contributed by atoms with Crippen LogP contribution in [-0.2, 0) is 14.4 Å². The van der Waals surface area contributed by atoms with E-state index in [-0.39, 0.29) is 11.9 Å². The maximum absolute atomic E-state index is 11.7. The van der Waals surface area contributed by atoms with Crippen molar-refractivity contribution >= 4 is 11.6 Å². The van der Waals surface area contributed by atoms with Crippen molar-refractivity contribution in [3.05, 3.63) is 12.7 Å². The lowest BCUT2D eigenvalue weighted by atomic mass is 10.2. The fourth-order valence-corrected chi connectivity index (χ4v) is 1.46. The van der Waals surface area contributed by atoms with Gasteiger partial charge in [-0.05, 0) is 0 Å². The summed E-state index contributed by atoms with van der Waals surface area (Å²) in [4.78, 5) is 16.6. The van der Waals surface area contributed by atoms with Gasteiger partial charge in [0.2, 0.25) is 5.91 Å². The van der Waals surface area contributed by atoms with E-state index < -0.39 is 0 Å². The minimum absolute atomic E-state index is 0.0315. The Bertz CT molecular complexity index is 292. The van der Waals surface area contributed by atoms with E-state index in [2.05, 4.69) is 22.4 Å². The van der Waals surface area contributed by atoms with Gasteiger partial charge in [-0.25, -0.2) is 0 Å². The molecule has 1 heterocycles. The van der Waals surface area contributed by atoms with Crippen LogP contribution in [0.15, 0.2) is 17.8 Å². The predicted molar refractivity (Wildman–Crippen MR) is 64.9 cm³/mol. The van der Waals surface area contributed by atoms with Crippen LogP contribution < -0.4 is 10.6 Å². The number of nitrogens with one attached hydrogen (secondary N) is 2. The van der Waals surface area contributed by atoms with Crippen LogP contribution in [-0.4, -0.2) is 51.1 Å². The summed E-state index contributed by atoms with van der Waals surface area (Å²) in [5.41, 5.74) is 0.846. The minimum atomic E-state index is -0.224. The van der Waals surface area contributed by atoms with E-state index >= 15 is 0 Å². The SMILES string of the molecule is C=CCO/N=C1/CN[C@H](C(=O)NCCOC)C1. The lowest BCUT2D eigenvalue weighted by Crippen LogP contribution is -2.41. The monoisotopic (exact) mass is 241 g/mol. The minimum Gasteiger partial charge on any atom is -0.392 e. The Labute approximate surface area is 101 Å². The Morgan fingerprint density at radius 2 is 2.59 bits per heavy atom. The first-order valence-electron chi connectivity index (χ1n) is 5.56. The lowest BCUT2D eigenvalue weighted by Gasteiger charge is -2.09. The highest BCUT2D eigenvalue weighted by Crippen LogP contribution is 2.04. The molecule has 0 aromatic rings. The maximum atomic E-state index is 11.7. The molecule has 1 aliphatic heterocycles. The molecule has 17 heavy (non-hydrogen) atoms. The summed E-state index contributed by atoms with van der Waals surface area (Å²) in [6.45, 7) is 5.53. The van der Waals surface area contributed by atoms with Gasteiger partial charge in [0.15, 0.2) is 0 Å². The van der Waals surface area contributed by atoms with Crippen LogP contribution in [0.3, 0.4) is 0 Å². The van der Waals surface area contributed by atoms with E-state index in [1.54, 1.807) is 13.2 Å². The van der Waals surface area contributed by atoms with Gasteiger partial charge in [-0.2, -0.15) is 0 Å². The number of amides is 1. The average Bonchev–Trinajstić information content (AvgIpc) is 2.78. The molecule has 0 unspecified atom stereocenters. The van der Waals surface area contributed by atoms with Gasteiger partial charge in [0.25, 0.3) is 0 Å². The van der Waals surface area contributed by atoms with Crippen molar-refractivity contribution in [1.82, 2.24) is 10.6 Å². The van der Waals surface area contributed by atoms with Gasteiger partial charge in [-0.1, -0.05) is 17.8 Å². The number of carbonyl (C=O) groups is 1. The third-order valence-electron chi connectivity index (χ3n) is 2.30. The lowest BCUT2D eigenvalue weighted by molar-refractivity contribution is -0.122. The second-order valence-corrected chi connectivity index (χ2v) is 3.66. The molecule has 6 heteroatoms. The zero-order chi connectivity index (χ0) is 12.5. The number of rotatable bonds is 7. The molecular weight excluding hydrogens is 222 g/mol. The van der Waals surface area contributed by atoms with E-state index in [0.29, 0.717) is 32.7 Å². The Morgan fingerprint density at radius 3 is 3.29 bits per heavy atom. The molecular formula is C11H19N3O3. The normalized spacial score (nSPS) is 21.5. The summed E-state index contributed by atoms with van der Waals surface area (Å²) < 4.78 is 4.85. The van der Waals surface area contributed by atoms with Gasteiger partial charge < -0.3 is 20.2 Å². The van der Waals surface area contributed by atoms with Crippen LogP contribution in [0.2, 0.25) is 0 Å². The molecule has 96 valence electrons.